The van der Waals surface area contributed by atoms with Crippen molar-refractivity contribution in [2.75, 3.05) is 47.1 Å². The molecule has 1 aliphatic heterocycles. The predicted molar refractivity (Wildman–Crippen MR) is 149 cm³/mol. The summed E-state index contributed by atoms with van der Waals surface area (Å²) < 4.78 is 45.0. The van der Waals surface area contributed by atoms with Crippen molar-refractivity contribution in [2.45, 2.75) is 38.1 Å². The summed E-state index contributed by atoms with van der Waals surface area (Å²) in [6, 6.07) is 11.5. The van der Waals surface area contributed by atoms with Crippen LogP contribution in [0.1, 0.15) is 36.2 Å². The molecule has 0 saturated carbocycles. The molecule has 1 heterocycles. The quantitative estimate of drug-likeness (QED) is 0.337. The number of halogens is 1. The molecule has 2 aromatic carbocycles. The lowest BCUT2D eigenvalue weighted by Gasteiger charge is -2.32. The maximum absolute atomic E-state index is 13.6. The van der Waals surface area contributed by atoms with Gasteiger partial charge in [-0.1, -0.05) is 23.7 Å². The van der Waals surface area contributed by atoms with E-state index in [-0.39, 0.29) is 29.7 Å². The van der Waals surface area contributed by atoms with Gasteiger partial charge in [0.1, 0.15) is 0 Å². The molecule has 2 N–H and O–H groups in total. The third kappa shape index (κ3) is 8.57. The Morgan fingerprint density at radius 3 is 2.50 bits per heavy atom. The third-order valence-corrected chi connectivity index (χ3v) is 8.04. The zero-order chi connectivity index (χ0) is 27.7. The van der Waals surface area contributed by atoms with Crippen molar-refractivity contribution in [3.05, 3.63) is 58.6 Å². The SMILES string of the molecule is COCCCOc1cc(C(=O)N(C[C@@H]2CNC[C@H]2NS(=O)(=O)Cc2ccc(Cl)cc2)C(C)C)ccc1OC. The van der Waals surface area contributed by atoms with E-state index in [1.165, 1.54) is 0 Å². The Hall–Kier alpha value is -2.37. The Labute approximate surface area is 230 Å². The molecule has 1 aliphatic rings. The average Bonchev–Trinajstić information content (AvgIpc) is 3.31. The summed E-state index contributed by atoms with van der Waals surface area (Å²) in [7, 11) is -0.404. The maximum atomic E-state index is 13.6. The Bertz CT molecular complexity index is 1160. The third-order valence-electron chi connectivity index (χ3n) is 6.42. The van der Waals surface area contributed by atoms with Crippen molar-refractivity contribution in [3.63, 3.8) is 0 Å². The lowest BCUT2D eigenvalue weighted by Crippen LogP contribution is -2.47. The summed E-state index contributed by atoms with van der Waals surface area (Å²) in [6.07, 6.45) is 0.708. The first-order valence-corrected chi connectivity index (χ1v) is 14.7. The van der Waals surface area contributed by atoms with Crippen LogP contribution in [0.15, 0.2) is 42.5 Å². The molecule has 11 heteroatoms. The van der Waals surface area contributed by atoms with Crippen LogP contribution in [-0.2, 0) is 20.5 Å². The van der Waals surface area contributed by atoms with Crippen LogP contribution in [0.3, 0.4) is 0 Å². The second-order valence-electron chi connectivity index (χ2n) is 9.64. The number of amides is 1. The van der Waals surface area contributed by atoms with Crippen molar-refractivity contribution in [1.29, 1.82) is 0 Å². The Balaban J connectivity index is 1.70. The first kappa shape index (κ1) is 30.2. The Morgan fingerprint density at radius 2 is 1.84 bits per heavy atom. The number of hydrogen-bond acceptors (Lipinski definition) is 7. The molecular formula is C27H38ClN3O6S. The number of carbonyl (C=O) groups is 1. The second kappa shape index (κ2) is 14.1. The molecule has 210 valence electrons. The molecule has 0 aliphatic carbocycles. The molecule has 0 bridgehead atoms. The summed E-state index contributed by atoms with van der Waals surface area (Å²) >= 11 is 5.92. The van der Waals surface area contributed by atoms with E-state index in [0.717, 1.165) is 0 Å². The van der Waals surface area contributed by atoms with Gasteiger partial charge in [0.15, 0.2) is 11.5 Å². The number of nitrogens with zero attached hydrogens (tertiary/aromatic N) is 1. The Morgan fingerprint density at radius 1 is 1.11 bits per heavy atom. The number of nitrogens with one attached hydrogen (secondary N) is 2. The number of carbonyl (C=O) groups excluding carboxylic acids is 1. The Kier molecular flexibility index (Phi) is 11.2. The fourth-order valence-electron chi connectivity index (χ4n) is 4.39. The summed E-state index contributed by atoms with van der Waals surface area (Å²) in [5.74, 6) is 0.654. The van der Waals surface area contributed by atoms with Crippen LogP contribution in [0.4, 0.5) is 0 Å². The zero-order valence-electron chi connectivity index (χ0n) is 22.4. The van der Waals surface area contributed by atoms with Gasteiger partial charge in [-0.05, 0) is 49.7 Å². The van der Waals surface area contributed by atoms with Gasteiger partial charge in [0.05, 0.1) is 19.5 Å². The van der Waals surface area contributed by atoms with E-state index in [1.54, 1.807) is 61.6 Å². The van der Waals surface area contributed by atoms with Gasteiger partial charge in [0.2, 0.25) is 10.0 Å². The van der Waals surface area contributed by atoms with Crippen LogP contribution in [0.5, 0.6) is 11.5 Å². The van der Waals surface area contributed by atoms with Crippen LogP contribution in [0.25, 0.3) is 0 Å². The molecule has 0 unspecified atom stereocenters. The van der Waals surface area contributed by atoms with E-state index in [4.69, 9.17) is 25.8 Å². The number of benzene rings is 2. The molecular weight excluding hydrogens is 530 g/mol. The van der Waals surface area contributed by atoms with Gasteiger partial charge in [0.25, 0.3) is 5.91 Å². The van der Waals surface area contributed by atoms with Crippen molar-refractivity contribution in [3.8, 4) is 11.5 Å². The lowest BCUT2D eigenvalue weighted by atomic mass is 10.0. The van der Waals surface area contributed by atoms with Gasteiger partial charge in [-0.2, -0.15) is 0 Å². The molecule has 3 rings (SSSR count). The van der Waals surface area contributed by atoms with Crippen molar-refractivity contribution in [1.82, 2.24) is 14.9 Å². The highest BCUT2D eigenvalue weighted by Gasteiger charge is 2.34. The number of ether oxygens (including phenoxy) is 3. The van der Waals surface area contributed by atoms with E-state index in [1.807, 2.05) is 13.8 Å². The van der Waals surface area contributed by atoms with E-state index >= 15 is 0 Å². The minimum absolute atomic E-state index is 0.0932. The normalized spacial score (nSPS) is 17.5. The number of rotatable bonds is 14. The number of hydrogen-bond donors (Lipinski definition) is 2. The molecule has 1 fully saturated rings. The average molecular weight is 568 g/mol. The molecule has 0 spiro atoms. The van der Waals surface area contributed by atoms with Crippen LogP contribution in [0.2, 0.25) is 5.02 Å². The zero-order valence-corrected chi connectivity index (χ0v) is 24.0. The molecule has 2 atom stereocenters. The molecule has 0 aromatic heterocycles. The van der Waals surface area contributed by atoms with E-state index in [0.29, 0.717) is 66.9 Å². The highest BCUT2D eigenvalue weighted by molar-refractivity contribution is 7.88. The molecule has 1 amide bonds. The van der Waals surface area contributed by atoms with Crippen LogP contribution >= 0.6 is 11.6 Å². The van der Waals surface area contributed by atoms with Gasteiger partial charge >= 0.3 is 0 Å². The van der Waals surface area contributed by atoms with Crippen LogP contribution in [0, 0.1) is 5.92 Å². The molecule has 38 heavy (non-hydrogen) atoms. The van der Waals surface area contributed by atoms with Gasteiger partial charge in [-0.15, -0.1) is 0 Å². The van der Waals surface area contributed by atoms with Gasteiger partial charge < -0.3 is 24.4 Å². The topological polar surface area (TPSA) is 106 Å². The highest BCUT2D eigenvalue weighted by atomic mass is 35.5. The maximum Gasteiger partial charge on any atom is 0.254 e. The van der Waals surface area contributed by atoms with Crippen molar-refractivity contribution < 1.29 is 27.4 Å². The van der Waals surface area contributed by atoms with E-state index < -0.39 is 10.0 Å². The predicted octanol–water partition coefficient (Wildman–Crippen LogP) is 3.32. The van der Waals surface area contributed by atoms with E-state index in [9.17, 15) is 13.2 Å². The first-order valence-electron chi connectivity index (χ1n) is 12.7. The molecule has 0 radical (unpaired) electrons. The smallest absolute Gasteiger partial charge is 0.254 e. The minimum Gasteiger partial charge on any atom is -0.493 e. The van der Waals surface area contributed by atoms with Crippen LogP contribution < -0.4 is 19.5 Å². The summed E-state index contributed by atoms with van der Waals surface area (Å²) in [4.78, 5) is 15.4. The van der Waals surface area contributed by atoms with Crippen molar-refractivity contribution >= 4 is 27.5 Å². The first-order chi connectivity index (χ1) is 18.1. The van der Waals surface area contributed by atoms with Gasteiger partial charge in [-0.25, -0.2) is 13.1 Å². The molecule has 1 saturated heterocycles. The summed E-state index contributed by atoms with van der Waals surface area (Å²) in [5, 5.41) is 3.82. The van der Waals surface area contributed by atoms with Gasteiger partial charge in [-0.3, -0.25) is 4.79 Å². The van der Waals surface area contributed by atoms with Crippen molar-refractivity contribution in [2.24, 2.45) is 5.92 Å². The molecule has 9 nitrogen and oxygen atoms in total. The number of sulfonamides is 1. The fourth-order valence-corrected chi connectivity index (χ4v) is 5.97. The monoisotopic (exact) mass is 567 g/mol. The summed E-state index contributed by atoms with van der Waals surface area (Å²) in [6.45, 7) is 6.39. The lowest BCUT2D eigenvalue weighted by molar-refractivity contribution is 0.0671. The number of methoxy groups -OCH3 is 2. The largest absolute Gasteiger partial charge is 0.493 e. The van der Waals surface area contributed by atoms with Gasteiger partial charge in [0, 0.05) is 68.4 Å². The fraction of sp³-hybridized carbons (Fsp3) is 0.519. The minimum atomic E-state index is -3.59. The second-order valence-corrected chi connectivity index (χ2v) is 11.8. The standard InChI is InChI=1S/C27H38ClN3O6S/c1-19(2)31(27(32)21-8-11-25(36-4)26(14-21)37-13-5-12-35-3)17-22-15-29-16-24(22)30-38(33,34)18-20-6-9-23(28)10-7-20/h6-11,14,19,22,24,29-30H,5,12-13,15-18H2,1-4H3/t22-,24+/m0/s1. The highest BCUT2D eigenvalue weighted by Crippen LogP contribution is 2.29. The van der Waals surface area contributed by atoms with Crippen LogP contribution in [-0.4, -0.2) is 78.4 Å². The molecule has 2 aromatic rings. The summed E-state index contributed by atoms with van der Waals surface area (Å²) in [5.41, 5.74) is 1.13. The van der Waals surface area contributed by atoms with E-state index in [2.05, 4.69) is 10.0 Å².